The Morgan fingerprint density at radius 3 is 2.50 bits per heavy atom. The Kier molecular flexibility index (Phi) is 4.32. The molecular formula is C22H32O4. The van der Waals surface area contributed by atoms with E-state index >= 15 is 0 Å². The fourth-order valence-electron chi connectivity index (χ4n) is 7.33. The van der Waals surface area contributed by atoms with E-state index in [-0.39, 0.29) is 11.5 Å². The van der Waals surface area contributed by atoms with Crippen LogP contribution in [0.25, 0.3) is 0 Å². The van der Waals surface area contributed by atoms with Gasteiger partial charge < -0.3 is 4.74 Å². The van der Waals surface area contributed by atoms with E-state index < -0.39 is 11.8 Å². The van der Waals surface area contributed by atoms with Crippen LogP contribution >= 0.6 is 0 Å². The van der Waals surface area contributed by atoms with E-state index in [0.29, 0.717) is 34.9 Å². The molecule has 0 N–H and O–H groups in total. The normalized spacial score (nSPS) is 47.5. The summed E-state index contributed by atoms with van der Waals surface area (Å²) in [5.41, 5.74) is 0.244. The number of hydrogen-bond donors (Lipinski definition) is 0. The summed E-state index contributed by atoms with van der Waals surface area (Å²) < 4.78 is 5.45. The van der Waals surface area contributed by atoms with Gasteiger partial charge in [-0.2, -0.15) is 0 Å². The maximum Gasteiger partial charge on any atom is 0.374 e. The Balaban J connectivity index is 1.50. The lowest BCUT2D eigenvalue weighted by atomic mass is 9.45. The van der Waals surface area contributed by atoms with Crippen molar-refractivity contribution in [3.63, 3.8) is 0 Å². The number of Topliss-reactive ketones (excluding diaryl/α,β-unsaturated/α-hetero) is 2. The van der Waals surface area contributed by atoms with Gasteiger partial charge in [-0.25, -0.2) is 4.79 Å². The first-order valence-electron chi connectivity index (χ1n) is 10.5. The first kappa shape index (κ1) is 18.2. The minimum atomic E-state index is -0.676. The van der Waals surface area contributed by atoms with Crippen LogP contribution in [0.4, 0.5) is 0 Å². The van der Waals surface area contributed by atoms with Gasteiger partial charge in [0.05, 0.1) is 0 Å². The van der Waals surface area contributed by atoms with Gasteiger partial charge in [-0.15, -0.1) is 0 Å². The maximum atomic E-state index is 12.5. The molecule has 0 heterocycles. The van der Waals surface area contributed by atoms with Crippen molar-refractivity contribution in [1.82, 2.24) is 0 Å². The van der Waals surface area contributed by atoms with Crippen molar-refractivity contribution < 1.29 is 19.1 Å². The van der Waals surface area contributed by atoms with Crippen molar-refractivity contribution in [2.45, 2.75) is 84.7 Å². The fraction of sp³-hybridized carbons (Fsp3) is 0.864. The number of esters is 1. The number of fused-ring (bicyclic) bond motifs is 5. The predicted molar refractivity (Wildman–Crippen MR) is 97.3 cm³/mol. The lowest BCUT2D eigenvalue weighted by molar-refractivity contribution is -0.166. The van der Waals surface area contributed by atoms with Crippen molar-refractivity contribution in [1.29, 1.82) is 0 Å². The van der Waals surface area contributed by atoms with Gasteiger partial charge in [-0.3, -0.25) is 9.59 Å². The van der Waals surface area contributed by atoms with Gasteiger partial charge in [0.2, 0.25) is 5.78 Å². The van der Waals surface area contributed by atoms with Crippen LogP contribution in [-0.2, 0) is 19.1 Å². The van der Waals surface area contributed by atoms with Gasteiger partial charge in [0.15, 0.2) is 0 Å². The average Bonchev–Trinajstić information content (AvgIpc) is 2.90. The first-order chi connectivity index (χ1) is 12.3. The molecule has 0 aromatic heterocycles. The van der Waals surface area contributed by atoms with Crippen LogP contribution < -0.4 is 0 Å². The second-order valence-corrected chi connectivity index (χ2v) is 9.93. The third-order valence-corrected chi connectivity index (χ3v) is 8.89. The molecule has 0 saturated heterocycles. The van der Waals surface area contributed by atoms with E-state index in [4.69, 9.17) is 4.74 Å². The molecule has 1 unspecified atom stereocenters. The first-order valence-corrected chi connectivity index (χ1v) is 10.5. The SMILES string of the molecule is CC(=O)C(=O)O[C@H]1CC[C@@]2(C)C(CC[C@@H]3[C@@H]2CC[C@]2(C)C(=O)CC[C@@H]32)C1. The third kappa shape index (κ3) is 2.58. The van der Waals surface area contributed by atoms with E-state index in [9.17, 15) is 14.4 Å². The molecule has 0 aromatic rings. The Morgan fingerprint density at radius 1 is 1.00 bits per heavy atom. The van der Waals surface area contributed by atoms with Crippen LogP contribution in [0.1, 0.15) is 78.6 Å². The quantitative estimate of drug-likeness (QED) is 0.549. The summed E-state index contributed by atoms with van der Waals surface area (Å²) in [5, 5.41) is 0. The van der Waals surface area contributed by atoms with Gasteiger partial charge in [0, 0.05) is 18.8 Å². The molecule has 144 valence electrons. The van der Waals surface area contributed by atoms with Crippen LogP contribution in [0.3, 0.4) is 0 Å². The second-order valence-electron chi connectivity index (χ2n) is 9.93. The number of hydrogen-bond acceptors (Lipinski definition) is 4. The van der Waals surface area contributed by atoms with E-state index in [1.165, 1.54) is 26.2 Å². The van der Waals surface area contributed by atoms with Crippen LogP contribution in [0.5, 0.6) is 0 Å². The molecule has 4 aliphatic rings. The molecule has 26 heavy (non-hydrogen) atoms. The summed E-state index contributed by atoms with van der Waals surface area (Å²) in [6.07, 6.45) is 9.25. The second kappa shape index (κ2) is 6.17. The summed E-state index contributed by atoms with van der Waals surface area (Å²) in [7, 11) is 0. The zero-order valence-electron chi connectivity index (χ0n) is 16.4. The standard InChI is InChI=1S/C22H32O4/c1-13(23)20(25)26-15-8-10-21(2)14(12-15)4-5-16-17-6-7-19(24)22(17,3)11-9-18(16)21/h14-18H,4-12H2,1-3H3/t14?,15-,16-,17-,18-,21-,22-/m0/s1. The molecule has 4 saturated carbocycles. The summed E-state index contributed by atoms with van der Waals surface area (Å²) in [5.74, 6) is 1.88. The zero-order chi connectivity index (χ0) is 18.7. The minimum Gasteiger partial charge on any atom is -0.457 e. The number of ether oxygens (including phenoxy) is 1. The van der Waals surface area contributed by atoms with Gasteiger partial charge in [-0.05, 0) is 80.5 Å². The number of rotatable bonds is 2. The smallest absolute Gasteiger partial charge is 0.374 e. The number of carbonyl (C=O) groups excluding carboxylic acids is 3. The fourth-order valence-corrected chi connectivity index (χ4v) is 7.33. The van der Waals surface area contributed by atoms with E-state index in [2.05, 4.69) is 13.8 Å². The molecule has 0 aliphatic heterocycles. The lowest BCUT2D eigenvalue weighted by Gasteiger charge is -2.60. The molecule has 4 heteroatoms. The Labute approximate surface area is 156 Å². The highest BCUT2D eigenvalue weighted by Crippen LogP contribution is 2.65. The van der Waals surface area contributed by atoms with Crippen molar-refractivity contribution in [3.8, 4) is 0 Å². The summed E-state index contributed by atoms with van der Waals surface area (Å²) in [4.78, 5) is 35.4. The zero-order valence-corrected chi connectivity index (χ0v) is 16.4. The molecular weight excluding hydrogens is 328 g/mol. The largest absolute Gasteiger partial charge is 0.457 e. The van der Waals surface area contributed by atoms with Crippen molar-refractivity contribution >= 4 is 17.5 Å². The minimum absolute atomic E-state index is 0.0570. The third-order valence-electron chi connectivity index (χ3n) is 8.89. The van der Waals surface area contributed by atoms with Crippen molar-refractivity contribution in [2.24, 2.45) is 34.5 Å². The highest BCUT2D eigenvalue weighted by Gasteiger charge is 2.60. The summed E-state index contributed by atoms with van der Waals surface area (Å²) in [6.45, 7) is 5.97. The average molecular weight is 360 g/mol. The van der Waals surface area contributed by atoms with Gasteiger partial charge in [0.1, 0.15) is 11.9 Å². The molecule has 4 nitrogen and oxygen atoms in total. The highest BCUT2D eigenvalue weighted by atomic mass is 16.5. The molecule has 0 spiro atoms. The lowest BCUT2D eigenvalue weighted by Crippen LogP contribution is -2.54. The monoisotopic (exact) mass is 360 g/mol. The maximum absolute atomic E-state index is 12.5. The molecule has 7 atom stereocenters. The molecule has 4 rings (SSSR count). The number of carbonyl (C=O) groups is 3. The summed E-state index contributed by atoms with van der Waals surface area (Å²) >= 11 is 0. The van der Waals surface area contributed by atoms with Gasteiger partial charge in [0.25, 0.3) is 0 Å². The number of ketones is 2. The van der Waals surface area contributed by atoms with E-state index in [1.54, 1.807) is 0 Å². The van der Waals surface area contributed by atoms with Crippen LogP contribution in [-0.4, -0.2) is 23.6 Å². The Morgan fingerprint density at radius 2 is 1.77 bits per heavy atom. The van der Waals surface area contributed by atoms with Crippen LogP contribution in [0.15, 0.2) is 0 Å². The van der Waals surface area contributed by atoms with E-state index in [1.807, 2.05) is 0 Å². The highest BCUT2D eigenvalue weighted by molar-refractivity contribution is 6.32. The van der Waals surface area contributed by atoms with Gasteiger partial charge in [-0.1, -0.05) is 13.8 Å². The van der Waals surface area contributed by atoms with Crippen LogP contribution in [0, 0.1) is 34.5 Å². The summed E-state index contributed by atoms with van der Waals surface area (Å²) in [6, 6.07) is 0. The Bertz CT molecular complexity index is 640. The molecule has 0 aromatic carbocycles. The van der Waals surface area contributed by atoms with E-state index in [0.717, 1.165) is 38.5 Å². The molecule has 0 radical (unpaired) electrons. The molecule has 4 fully saturated rings. The molecule has 0 amide bonds. The predicted octanol–water partition coefficient (Wildman–Crippen LogP) is 4.10. The van der Waals surface area contributed by atoms with Gasteiger partial charge >= 0.3 is 5.97 Å². The molecule has 0 bridgehead atoms. The van der Waals surface area contributed by atoms with Crippen molar-refractivity contribution in [3.05, 3.63) is 0 Å². The topological polar surface area (TPSA) is 60.4 Å². The molecule has 4 aliphatic carbocycles. The van der Waals surface area contributed by atoms with Crippen LogP contribution in [0.2, 0.25) is 0 Å². The van der Waals surface area contributed by atoms with Crippen molar-refractivity contribution in [2.75, 3.05) is 0 Å². The Hall–Kier alpha value is -1.19.